The van der Waals surface area contributed by atoms with Crippen LogP contribution in [0.25, 0.3) is 0 Å². The molecule has 1 aromatic heterocycles. The lowest BCUT2D eigenvalue weighted by Crippen LogP contribution is -2.77. The number of likely N-dealkylation sites (tertiary alicyclic amines) is 1. The van der Waals surface area contributed by atoms with Crippen LogP contribution in [0, 0.1) is 0 Å². The van der Waals surface area contributed by atoms with Crippen molar-refractivity contribution >= 4 is 23.6 Å². The van der Waals surface area contributed by atoms with Gasteiger partial charge in [0, 0.05) is 44.4 Å². The molecular weight excluding hydrogens is 436 g/mol. The van der Waals surface area contributed by atoms with Crippen molar-refractivity contribution in [2.75, 3.05) is 39.2 Å². The predicted octanol–water partition coefficient (Wildman–Crippen LogP) is 2.57. The molecule has 0 saturated carbocycles. The van der Waals surface area contributed by atoms with Gasteiger partial charge >= 0.3 is 5.97 Å². The minimum absolute atomic E-state index is 0.0664. The van der Waals surface area contributed by atoms with Crippen molar-refractivity contribution in [1.29, 1.82) is 0 Å². The number of carboxylic acid groups (broad SMARTS) is 1. The number of nitrogens with zero attached hydrogens (tertiary/aromatic N) is 2. The highest BCUT2D eigenvalue weighted by Gasteiger charge is 2.62. The van der Waals surface area contributed by atoms with Crippen molar-refractivity contribution in [1.82, 2.24) is 9.88 Å². The Morgan fingerprint density at radius 3 is 2.81 bits per heavy atom. The number of thioether (sulfide) groups is 1. The van der Waals surface area contributed by atoms with E-state index in [4.69, 9.17) is 24.1 Å². The van der Waals surface area contributed by atoms with Gasteiger partial charge in [0.15, 0.2) is 5.60 Å². The third kappa shape index (κ3) is 6.81. The molecule has 0 unspecified atom stereocenters. The van der Waals surface area contributed by atoms with E-state index in [0.29, 0.717) is 17.2 Å². The first-order valence-electron chi connectivity index (χ1n) is 10.7. The van der Waals surface area contributed by atoms with E-state index < -0.39 is 11.6 Å². The zero-order valence-corrected chi connectivity index (χ0v) is 20.1. The van der Waals surface area contributed by atoms with Crippen molar-refractivity contribution in [3.8, 4) is 5.75 Å². The Morgan fingerprint density at radius 1 is 1.38 bits per heavy atom. The molecule has 0 bridgehead atoms. The van der Waals surface area contributed by atoms with E-state index in [-0.39, 0.29) is 43.8 Å². The molecule has 1 N–H and O–H groups in total. The SMILES string of the molecule is CCCC[C@@H](C)Oc1ccnc(C[C@]2(OCOC)C(=O)N(COC)[C@H]2CSCC(=O)O)c1. The van der Waals surface area contributed by atoms with Gasteiger partial charge in [-0.15, -0.1) is 11.8 Å². The number of aliphatic carboxylic acids is 1. The van der Waals surface area contributed by atoms with Crippen LogP contribution in [0.4, 0.5) is 0 Å². The smallest absolute Gasteiger partial charge is 0.313 e. The second-order valence-electron chi connectivity index (χ2n) is 7.79. The maximum atomic E-state index is 13.2. The molecule has 0 spiro atoms. The van der Waals surface area contributed by atoms with Crippen LogP contribution < -0.4 is 4.74 Å². The van der Waals surface area contributed by atoms with Crippen LogP contribution in [0.1, 0.15) is 38.8 Å². The molecule has 10 heteroatoms. The second kappa shape index (κ2) is 13.0. The molecule has 1 aliphatic rings. The zero-order chi connectivity index (χ0) is 23.6. The van der Waals surface area contributed by atoms with Gasteiger partial charge < -0.3 is 29.0 Å². The number of hydrogen-bond acceptors (Lipinski definition) is 8. The maximum absolute atomic E-state index is 13.2. The number of unbranched alkanes of at least 4 members (excludes halogenated alkanes) is 1. The van der Waals surface area contributed by atoms with Crippen LogP contribution in [0.15, 0.2) is 18.3 Å². The summed E-state index contributed by atoms with van der Waals surface area (Å²) in [6.45, 7) is 4.20. The van der Waals surface area contributed by atoms with Gasteiger partial charge in [-0.1, -0.05) is 19.8 Å². The van der Waals surface area contributed by atoms with E-state index in [9.17, 15) is 9.59 Å². The Bertz CT molecular complexity index is 751. The van der Waals surface area contributed by atoms with Crippen molar-refractivity contribution in [2.45, 2.75) is 57.3 Å². The molecule has 2 heterocycles. The summed E-state index contributed by atoms with van der Waals surface area (Å²) in [6, 6.07) is 3.24. The first-order chi connectivity index (χ1) is 15.4. The summed E-state index contributed by atoms with van der Waals surface area (Å²) in [6.07, 6.45) is 5.11. The van der Waals surface area contributed by atoms with Gasteiger partial charge in [-0.05, 0) is 19.4 Å². The average Bonchev–Trinajstić information content (AvgIpc) is 2.77. The van der Waals surface area contributed by atoms with Gasteiger partial charge in [-0.2, -0.15) is 0 Å². The summed E-state index contributed by atoms with van der Waals surface area (Å²) in [4.78, 5) is 30.1. The average molecular weight is 471 g/mol. The number of β-lactam (4-membered cyclic amide) rings is 1. The highest BCUT2D eigenvalue weighted by Crippen LogP contribution is 2.39. The van der Waals surface area contributed by atoms with Crippen molar-refractivity contribution < 1.29 is 33.6 Å². The quantitative estimate of drug-likeness (QED) is 0.288. The Hall–Kier alpha value is -1.88. The highest BCUT2D eigenvalue weighted by molar-refractivity contribution is 7.99. The van der Waals surface area contributed by atoms with Gasteiger partial charge in [0.05, 0.1) is 17.9 Å². The maximum Gasteiger partial charge on any atom is 0.313 e. The summed E-state index contributed by atoms with van der Waals surface area (Å²) in [5, 5.41) is 9.00. The fourth-order valence-corrected chi connectivity index (χ4v) is 4.69. The third-order valence-electron chi connectivity index (χ3n) is 5.27. The van der Waals surface area contributed by atoms with Gasteiger partial charge in [-0.3, -0.25) is 14.6 Å². The molecule has 0 aliphatic carbocycles. The fourth-order valence-electron chi connectivity index (χ4n) is 3.73. The molecule has 0 radical (unpaired) electrons. The van der Waals surface area contributed by atoms with Crippen LogP contribution in [0.3, 0.4) is 0 Å². The highest BCUT2D eigenvalue weighted by atomic mass is 32.2. The number of hydrogen-bond donors (Lipinski definition) is 1. The molecule has 1 saturated heterocycles. The summed E-state index contributed by atoms with van der Waals surface area (Å²) in [5.74, 6) is -0.135. The molecule has 180 valence electrons. The largest absolute Gasteiger partial charge is 0.491 e. The topological polar surface area (TPSA) is 107 Å². The van der Waals surface area contributed by atoms with E-state index in [0.717, 1.165) is 19.3 Å². The molecule has 1 aliphatic heterocycles. The Labute approximate surface area is 193 Å². The summed E-state index contributed by atoms with van der Waals surface area (Å²) in [5.41, 5.74) is -0.556. The molecule has 2 rings (SSSR count). The van der Waals surface area contributed by atoms with Crippen LogP contribution >= 0.6 is 11.8 Å². The summed E-state index contributed by atoms with van der Waals surface area (Å²) in [7, 11) is 3.00. The predicted molar refractivity (Wildman–Crippen MR) is 121 cm³/mol. The molecule has 1 amide bonds. The molecular formula is C22H34N2O7S. The van der Waals surface area contributed by atoms with Crippen LogP contribution in [-0.2, 0) is 30.2 Å². The van der Waals surface area contributed by atoms with E-state index in [1.54, 1.807) is 17.2 Å². The Balaban J connectivity index is 2.22. The lowest BCUT2D eigenvalue weighted by Gasteiger charge is -2.54. The van der Waals surface area contributed by atoms with Gasteiger partial charge in [0.25, 0.3) is 5.91 Å². The van der Waals surface area contributed by atoms with Crippen LogP contribution in [0.2, 0.25) is 0 Å². The molecule has 0 aromatic carbocycles. The second-order valence-corrected chi connectivity index (χ2v) is 8.82. The van der Waals surface area contributed by atoms with E-state index in [1.807, 2.05) is 13.0 Å². The third-order valence-corrected chi connectivity index (χ3v) is 6.28. The summed E-state index contributed by atoms with van der Waals surface area (Å²) < 4.78 is 22.2. The number of carbonyl (C=O) groups is 2. The lowest BCUT2D eigenvalue weighted by molar-refractivity contribution is -0.229. The van der Waals surface area contributed by atoms with E-state index >= 15 is 0 Å². The number of carbonyl (C=O) groups excluding carboxylic acids is 1. The van der Waals surface area contributed by atoms with Crippen molar-refractivity contribution in [3.05, 3.63) is 24.0 Å². The minimum atomic E-state index is -1.21. The molecule has 1 aromatic rings. The molecule has 1 fully saturated rings. The first kappa shape index (κ1) is 26.4. The van der Waals surface area contributed by atoms with Crippen molar-refractivity contribution in [3.63, 3.8) is 0 Å². The molecule has 9 nitrogen and oxygen atoms in total. The van der Waals surface area contributed by atoms with Gasteiger partial charge in [0.1, 0.15) is 19.3 Å². The van der Waals surface area contributed by atoms with Crippen LogP contribution in [0.5, 0.6) is 5.75 Å². The van der Waals surface area contributed by atoms with Crippen molar-refractivity contribution in [2.24, 2.45) is 0 Å². The number of rotatable bonds is 16. The molecule has 3 atom stereocenters. The number of methoxy groups -OCH3 is 2. The zero-order valence-electron chi connectivity index (χ0n) is 19.2. The Morgan fingerprint density at radius 2 is 2.16 bits per heavy atom. The van der Waals surface area contributed by atoms with E-state index in [2.05, 4.69) is 11.9 Å². The number of aromatic nitrogens is 1. The fraction of sp³-hybridized carbons (Fsp3) is 0.682. The number of pyridine rings is 1. The normalized spacial score (nSPS) is 21.3. The number of carboxylic acids is 1. The monoisotopic (exact) mass is 470 g/mol. The Kier molecular flexibility index (Phi) is 10.7. The lowest BCUT2D eigenvalue weighted by atomic mass is 9.79. The first-order valence-corrected chi connectivity index (χ1v) is 11.9. The van der Waals surface area contributed by atoms with Crippen LogP contribution in [-0.4, -0.2) is 83.9 Å². The minimum Gasteiger partial charge on any atom is -0.491 e. The number of ether oxygens (including phenoxy) is 4. The number of amides is 1. The van der Waals surface area contributed by atoms with Gasteiger partial charge in [-0.25, -0.2) is 0 Å². The molecule has 32 heavy (non-hydrogen) atoms. The van der Waals surface area contributed by atoms with Gasteiger partial charge in [0.2, 0.25) is 0 Å². The summed E-state index contributed by atoms with van der Waals surface area (Å²) >= 11 is 1.23. The standard InChI is InChI=1S/C22H34N2O7S/c1-5-6-7-16(2)31-18-8-9-23-17(10-18)11-22(30-15-29-4)19(12-32-13-20(25)26)24(14-28-3)21(22)27/h8-10,16,19H,5-7,11-15H2,1-4H3,(H,25,26)/t16-,19+,22-/m1/s1. The van der Waals surface area contributed by atoms with E-state index in [1.165, 1.54) is 26.0 Å².